The Balaban J connectivity index is 1.13. The predicted octanol–water partition coefficient (Wildman–Crippen LogP) is 5.21. The lowest BCUT2D eigenvalue weighted by molar-refractivity contribution is -0.124. The Kier molecular flexibility index (Phi) is 7.94. The number of ketones is 1. The molecule has 4 heterocycles. The molecule has 2 atom stereocenters. The molecule has 0 radical (unpaired) electrons. The number of imidazole rings is 1. The molecule has 1 aromatic carbocycles. The largest absolute Gasteiger partial charge is 0.442 e. The highest BCUT2D eigenvalue weighted by molar-refractivity contribution is 7.99. The van der Waals surface area contributed by atoms with Crippen LogP contribution in [-0.2, 0) is 4.79 Å². The Hall–Kier alpha value is -3.50. The third-order valence-corrected chi connectivity index (χ3v) is 9.66. The number of rotatable bonds is 11. The molecule has 0 bridgehead atoms. The summed E-state index contributed by atoms with van der Waals surface area (Å²) in [5.74, 6) is 2.47. The van der Waals surface area contributed by atoms with Crippen molar-refractivity contribution in [1.29, 1.82) is 0 Å². The number of nitrogens with one attached hydrogen (secondary N) is 2. The first kappa shape index (κ1) is 27.7. The number of carbonyl (C=O) groups is 2. The van der Waals surface area contributed by atoms with Crippen LogP contribution in [-0.4, -0.2) is 68.2 Å². The van der Waals surface area contributed by atoms with Crippen LogP contribution in [0.15, 0.2) is 53.4 Å². The minimum atomic E-state index is -0.252. The molecule has 9 nitrogen and oxygen atoms in total. The van der Waals surface area contributed by atoms with Crippen LogP contribution in [0.1, 0.15) is 60.3 Å². The van der Waals surface area contributed by atoms with Gasteiger partial charge in [0.2, 0.25) is 11.7 Å². The highest BCUT2D eigenvalue weighted by atomic mass is 32.2. The number of likely N-dealkylation sites (tertiary alicyclic amines) is 1. The highest BCUT2D eigenvalue weighted by Gasteiger charge is 2.58. The Morgan fingerprint density at radius 2 is 2.07 bits per heavy atom. The monoisotopic (exact) mass is 572 g/mol. The first-order chi connectivity index (χ1) is 19.9. The summed E-state index contributed by atoms with van der Waals surface area (Å²) in [4.78, 5) is 44.8. The number of aryl methyl sites for hydroxylation is 1. The summed E-state index contributed by atoms with van der Waals surface area (Å²) in [6, 6.07) is 10.0. The maximum absolute atomic E-state index is 13.5. The number of thioether (sulfide) groups is 1. The van der Waals surface area contributed by atoms with E-state index in [2.05, 4.69) is 44.3 Å². The van der Waals surface area contributed by atoms with E-state index in [0.29, 0.717) is 18.6 Å². The van der Waals surface area contributed by atoms with Gasteiger partial charge < -0.3 is 19.6 Å². The third-order valence-electron chi connectivity index (χ3n) is 8.52. The van der Waals surface area contributed by atoms with Gasteiger partial charge in [-0.05, 0) is 82.1 Å². The summed E-state index contributed by atoms with van der Waals surface area (Å²) in [6.07, 6.45) is 8.97. The van der Waals surface area contributed by atoms with Gasteiger partial charge in [-0.2, -0.15) is 11.8 Å². The molecule has 2 fully saturated rings. The second-order valence-corrected chi connectivity index (χ2v) is 12.6. The van der Waals surface area contributed by atoms with Gasteiger partial charge in [0, 0.05) is 34.7 Å². The molecule has 4 aromatic rings. The van der Waals surface area contributed by atoms with Crippen LogP contribution in [0.25, 0.3) is 22.2 Å². The average Bonchev–Trinajstić information content (AvgIpc) is 3.33. The van der Waals surface area contributed by atoms with Crippen molar-refractivity contribution >= 4 is 34.4 Å². The van der Waals surface area contributed by atoms with Crippen molar-refractivity contribution in [3.63, 3.8) is 0 Å². The molecule has 0 unspecified atom stereocenters. The molecule has 41 heavy (non-hydrogen) atoms. The number of hydrogen-bond acceptors (Lipinski definition) is 8. The van der Waals surface area contributed by atoms with E-state index >= 15 is 0 Å². The first-order valence-corrected chi connectivity index (χ1v) is 15.5. The molecule has 3 aromatic heterocycles. The smallest absolute Gasteiger partial charge is 0.263 e. The zero-order valence-corrected chi connectivity index (χ0v) is 24.4. The van der Waals surface area contributed by atoms with Gasteiger partial charge in [-0.3, -0.25) is 14.6 Å². The standard InChI is InChI=1S/C31H36N6O3S/c1-20-5-6-21-16-22(7-8-24(21)34-20)25-18-33-28(35-25)26(19-41-15-3-4-27(38)30-32-11-14-40-30)36-29(39)23-17-31(23)9-12-37(2)13-10-31/h5-8,11,14,16,18,23,26H,3-4,9-10,12-13,15,17,19H2,1-2H3,(H,33,35)(H,36,39)/t23-,26+/m1/s1. The molecule has 2 N–H and O–H groups in total. The van der Waals surface area contributed by atoms with E-state index < -0.39 is 0 Å². The number of carbonyl (C=O) groups excluding carboxylic acids is 2. The van der Waals surface area contributed by atoms with E-state index in [0.717, 1.165) is 71.8 Å². The van der Waals surface area contributed by atoms with Crippen LogP contribution in [0.4, 0.5) is 0 Å². The van der Waals surface area contributed by atoms with Crippen LogP contribution in [0, 0.1) is 18.3 Å². The lowest BCUT2D eigenvalue weighted by atomic mass is 9.91. The molecule has 1 aliphatic carbocycles. The van der Waals surface area contributed by atoms with Crippen molar-refractivity contribution in [2.45, 2.75) is 45.1 Å². The lowest BCUT2D eigenvalue weighted by Crippen LogP contribution is -2.37. The van der Waals surface area contributed by atoms with Gasteiger partial charge in [-0.1, -0.05) is 12.1 Å². The van der Waals surface area contributed by atoms with Gasteiger partial charge in [0.25, 0.3) is 5.89 Å². The number of aromatic nitrogens is 4. The van der Waals surface area contributed by atoms with Gasteiger partial charge in [0.05, 0.1) is 29.6 Å². The minimum absolute atomic E-state index is 0.0768. The molecule has 2 aliphatic rings. The lowest BCUT2D eigenvalue weighted by Gasteiger charge is -2.30. The number of pyridine rings is 1. The molecule has 10 heteroatoms. The molecule has 1 aliphatic heterocycles. The van der Waals surface area contributed by atoms with Crippen LogP contribution in [0.2, 0.25) is 0 Å². The number of fused-ring (bicyclic) bond motifs is 1. The second kappa shape index (κ2) is 11.8. The minimum Gasteiger partial charge on any atom is -0.442 e. The van der Waals surface area contributed by atoms with Crippen molar-refractivity contribution in [2.24, 2.45) is 11.3 Å². The van der Waals surface area contributed by atoms with E-state index in [4.69, 9.17) is 9.40 Å². The van der Waals surface area contributed by atoms with Crippen LogP contribution < -0.4 is 5.32 Å². The molecule has 214 valence electrons. The van der Waals surface area contributed by atoms with Crippen molar-refractivity contribution in [1.82, 2.24) is 30.2 Å². The number of nitrogens with zero attached hydrogens (tertiary/aromatic N) is 4. The summed E-state index contributed by atoms with van der Waals surface area (Å²) < 4.78 is 5.11. The molecular formula is C31H36N6O3S. The number of benzene rings is 1. The Bertz CT molecular complexity index is 1530. The topological polar surface area (TPSA) is 117 Å². The SMILES string of the molecule is Cc1ccc2cc(-c3cnc([C@H](CSCCCC(=O)c4ncco4)NC(=O)[C@H]4CC45CCN(C)CC5)[nH]3)ccc2n1. The Labute approximate surface area is 243 Å². The van der Waals surface area contributed by atoms with Gasteiger partial charge in [-0.15, -0.1) is 0 Å². The van der Waals surface area contributed by atoms with Gasteiger partial charge in [0.1, 0.15) is 12.1 Å². The number of H-pyrrole nitrogens is 1. The number of amides is 1. The van der Waals surface area contributed by atoms with Crippen molar-refractivity contribution in [2.75, 3.05) is 31.6 Å². The van der Waals surface area contributed by atoms with Gasteiger partial charge in [-0.25, -0.2) is 9.97 Å². The van der Waals surface area contributed by atoms with E-state index in [-0.39, 0.29) is 35.0 Å². The van der Waals surface area contributed by atoms with E-state index in [1.807, 2.05) is 31.3 Å². The third kappa shape index (κ3) is 6.23. The van der Waals surface area contributed by atoms with E-state index in [1.54, 1.807) is 11.8 Å². The zero-order valence-electron chi connectivity index (χ0n) is 23.6. The highest BCUT2D eigenvalue weighted by Crippen LogP contribution is 2.59. The molecule has 1 spiro atoms. The molecule has 1 saturated heterocycles. The Morgan fingerprint density at radius 1 is 1.22 bits per heavy atom. The normalized spacial score (nSPS) is 18.9. The Morgan fingerprint density at radius 3 is 2.88 bits per heavy atom. The predicted molar refractivity (Wildman–Crippen MR) is 160 cm³/mol. The summed E-state index contributed by atoms with van der Waals surface area (Å²) >= 11 is 1.71. The van der Waals surface area contributed by atoms with Gasteiger partial charge >= 0.3 is 0 Å². The molecule has 1 amide bonds. The molecule has 1 saturated carbocycles. The fraction of sp³-hybridized carbons (Fsp3) is 0.452. The number of hydrogen-bond donors (Lipinski definition) is 2. The summed E-state index contributed by atoms with van der Waals surface area (Å²) in [5, 5.41) is 4.40. The summed E-state index contributed by atoms with van der Waals surface area (Å²) in [6.45, 7) is 4.10. The van der Waals surface area contributed by atoms with E-state index in [1.165, 1.54) is 12.5 Å². The van der Waals surface area contributed by atoms with E-state index in [9.17, 15) is 9.59 Å². The van der Waals surface area contributed by atoms with Gasteiger partial charge in [0.15, 0.2) is 0 Å². The average molecular weight is 573 g/mol. The fourth-order valence-electron chi connectivity index (χ4n) is 5.86. The maximum Gasteiger partial charge on any atom is 0.263 e. The van der Waals surface area contributed by atoms with Crippen LogP contribution in [0.3, 0.4) is 0 Å². The number of Topliss-reactive ketones (excluding diaryl/α,β-unsaturated/α-hetero) is 1. The second-order valence-electron chi connectivity index (χ2n) is 11.5. The van der Waals surface area contributed by atoms with Crippen LogP contribution in [0.5, 0.6) is 0 Å². The maximum atomic E-state index is 13.5. The van der Waals surface area contributed by atoms with Crippen molar-refractivity contribution in [3.05, 3.63) is 66.4 Å². The molecular weight excluding hydrogens is 536 g/mol. The number of oxazole rings is 1. The van der Waals surface area contributed by atoms with Crippen molar-refractivity contribution in [3.8, 4) is 11.3 Å². The summed E-state index contributed by atoms with van der Waals surface area (Å²) in [7, 11) is 2.15. The quantitative estimate of drug-likeness (QED) is 0.186. The zero-order chi connectivity index (χ0) is 28.4. The summed E-state index contributed by atoms with van der Waals surface area (Å²) in [5.41, 5.74) is 4.05. The number of aromatic amines is 1. The van der Waals surface area contributed by atoms with Crippen molar-refractivity contribution < 1.29 is 14.0 Å². The fourth-order valence-corrected chi connectivity index (χ4v) is 6.85. The number of piperidine rings is 1. The first-order valence-electron chi connectivity index (χ1n) is 14.3. The molecule has 6 rings (SSSR count). The van der Waals surface area contributed by atoms with Crippen LogP contribution >= 0.6 is 11.8 Å².